The van der Waals surface area contributed by atoms with Crippen LogP contribution < -0.4 is 21.3 Å². The minimum absolute atomic E-state index is 0.0470. The Balaban J connectivity index is 0.986. The van der Waals surface area contributed by atoms with Gasteiger partial charge >= 0.3 is 0 Å². The second kappa shape index (κ2) is 12.8. The maximum atomic E-state index is 13.0. The topological polar surface area (TPSA) is 191 Å². The van der Waals surface area contributed by atoms with Gasteiger partial charge in [-0.05, 0) is 43.2 Å². The number of nitrogens with zero attached hydrogens (tertiary/aromatic N) is 5. The number of carbonyl (C=O) groups is 5. The molecule has 1 atom stereocenters. The highest BCUT2D eigenvalue weighted by atomic mass is 16.3. The monoisotopic (exact) mass is 626 g/mol. The fourth-order valence-corrected chi connectivity index (χ4v) is 6.14. The number of piperazine rings is 1. The number of piperidine rings is 1. The van der Waals surface area contributed by atoms with Crippen LogP contribution in [0.2, 0.25) is 0 Å². The van der Waals surface area contributed by atoms with E-state index in [2.05, 4.69) is 20.8 Å². The summed E-state index contributed by atoms with van der Waals surface area (Å²) >= 11 is 0. The molecular weight excluding hydrogens is 592 g/mol. The molecule has 14 nitrogen and oxygen atoms in total. The van der Waals surface area contributed by atoms with Gasteiger partial charge in [0.25, 0.3) is 5.91 Å². The summed E-state index contributed by atoms with van der Waals surface area (Å²) in [6.45, 7) is 2.18. The van der Waals surface area contributed by atoms with Crippen molar-refractivity contribution in [2.45, 2.75) is 44.7 Å². The van der Waals surface area contributed by atoms with Gasteiger partial charge in [-0.3, -0.25) is 29.3 Å². The van der Waals surface area contributed by atoms with Crippen molar-refractivity contribution in [1.29, 1.82) is 0 Å². The summed E-state index contributed by atoms with van der Waals surface area (Å²) in [5.74, 6) is -1.13. The lowest BCUT2D eigenvalue weighted by Crippen LogP contribution is -2.52. The molecule has 238 valence electrons. The smallest absolute Gasteiger partial charge is 0.255 e. The van der Waals surface area contributed by atoms with Gasteiger partial charge in [0.2, 0.25) is 23.6 Å². The molecule has 6 rings (SSSR count). The molecule has 5 N–H and O–H groups in total. The van der Waals surface area contributed by atoms with Gasteiger partial charge in [-0.1, -0.05) is 18.2 Å². The number of rotatable bonds is 8. The second-order valence-corrected chi connectivity index (χ2v) is 11.5. The van der Waals surface area contributed by atoms with Crippen molar-refractivity contribution in [2.75, 3.05) is 42.1 Å². The van der Waals surface area contributed by atoms with Crippen molar-refractivity contribution < 1.29 is 29.1 Å². The standard InChI is InChI=1S/C32H34N8O6/c33-30-25(17-23(36-37-30)20-5-1-2-8-26(20)41)38-13-15-39(16-14-38)29(44)10-4-9-27(42)34-22-7-3-6-19-21(22)18-40(32(19)46)24-11-12-28(43)35-31(24)45/h1-3,5-8,17,24,41H,4,9-16,18H2,(H2,33,37)(H,34,42)(H,35,43,45). The normalized spacial score (nSPS) is 18.0. The molecule has 2 fully saturated rings. The van der Waals surface area contributed by atoms with E-state index in [1.165, 1.54) is 4.90 Å². The van der Waals surface area contributed by atoms with E-state index in [1.54, 1.807) is 53.4 Å². The Morgan fingerprint density at radius 2 is 1.74 bits per heavy atom. The number of phenols is 1. The molecular formula is C32H34N8O6. The van der Waals surface area contributed by atoms with Crippen LogP contribution in [0.25, 0.3) is 11.3 Å². The zero-order chi connectivity index (χ0) is 32.4. The number of carbonyl (C=O) groups excluding carboxylic acids is 5. The van der Waals surface area contributed by atoms with E-state index < -0.39 is 11.9 Å². The van der Waals surface area contributed by atoms with E-state index in [1.807, 2.05) is 4.90 Å². The molecule has 3 aliphatic heterocycles. The number of imide groups is 1. The molecule has 2 saturated heterocycles. The minimum atomic E-state index is -0.742. The predicted octanol–water partition coefficient (Wildman–Crippen LogP) is 1.65. The molecule has 0 saturated carbocycles. The highest BCUT2D eigenvalue weighted by Gasteiger charge is 2.40. The fraction of sp³-hybridized carbons (Fsp3) is 0.344. The number of anilines is 3. The second-order valence-electron chi connectivity index (χ2n) is 11.5. The highest BCUT2D eigenvalue weighted by molar-refractivity contribution is 6.06. The number of nitrogen functional groups attached to an aromatic ring is 1. The number of hydrogen-bond acceptors (Lipinski definition) is 10. The Morgan fingerprint density at radius 1 is 0.978 bits per heavy atom. The molecule has 4 heterocycles. The van der Waals surface area contributed by atoms with Crippen LogP contribution in [-0.2, 0) is 25.7 Å². The summed E-state index contributed by atoms with van der Waals surface area (Å²) in [7, 11) is 0. The van der Waals surface area contributed by atoms with E-state index in [-0.39, 0.29) is 67.4 Å². The number of aromatic hydroxyl groups is 1. The average Bonchev–Trinajstić information content (AvgIpc) is 3.38. The molecule has 0 radical (unpaired) electrons. The number of fused-ring (bicyclic) bond motifs is 1. The molecule has 46 heavy (non-hydrogen) atoms. The van der Waals surface area contributed by atoms with Gasteiger partial charge in [0.1, 0.15) is 11.8 Å². The SMILES string of the molecule is Nc1nnc(-c2ccccc2O)cc1N1CCN(C(=O)CCCC(=O)Nc2cccc3c2CN(C2CCC(=O)NC2=O)C3=O)CC1. The van der Waals surface area contributed by atoms with E-state index >= 15 is 0 Å². The number of para-hydroxylation sites is 1. The van der Waals surface area contributed by atoms with E-state index in [0.29, 0.717) is 66.4 Å². The summed E-state index contributed by atoms with van der Waals surface area (Å²) in [5.41, 5.74) is 9.38. The van der Waals surface area contributed by atoms with Crippen molar-refractivity contribution in [3.8, 4) is 17.0 Å². The Kier molecular flexibility index (Phi) is 8.51. The lowest BCUT2D eigenvalue weighted by atomic mass is 10.0. The molecule has 2 aromatic carbocycles. The number of nitrogens with two attached hydrogens (primary N) is 1. The van der Waals surface area contributed by atoms with E-state index in [4.69, 9.17) is 5.73 Å². The van der Waals surface area contributed by atoms with Crippen LogP contribution in [0.15, 0.2) is 48.5 Å². The zero-order valence-corrected chi connectivity index (χ0v) is 25.1. The van der Waals surface area contributed by atoms with Crippen LogP contribution in [0.4, 0.5) is 17.2 Å². The third-order valence-electron chi connectivity index (χ3n) is 8.61. The Labute approximate surface area is 264 Å². The predicted molar refractivity (Wildman–Crippen MR) is 167 cm³/mol. The Bertz CT molecular complexity index is 1720. The van der Waals surface area contributed by atoms with Gasteiger partial charge < -0.3 is 30.9 Å². The maximum Gasteiger partial charge on any atom is 0.255 e. The highest BCUT2D eigenvalue weighted by Crippen LogP contribution is 2.33. The van der Waals surface area contributed by atoms with Crippen LogP contribution >= 0.6 is 0 Å². The zero-order valence-electron chi connectivity index (χ0n) is 25.1. The van der Waals surface area contributed by atoms with Gasteiger partial charge in [0.05, 0.1) is 11.4 Å². The van der Waals surface area contributed by atoms with Crippen molar-refractivity contribution in [2.24, 2.45) is 0 Å². The summed E-state index contributed by atoms with van der Waals surface area (Å²) in [4.78, 5) is 68.0. The largest absolute Gasteiger partial charge is 0.507 e. The molecule has 5 amide bonds. The molecule has 0 spiro atoms. The van der Waals surface area contributed by atoms with Crippen molar-refractivity contribution in [3.63, 3.8) is 0 Å². The minimum Gasteiger partial charge on any atom is -0.507 e. The fourth-order valence-electron chi connectivity index (χ4n) is 6.14. The molecule has 0 aliphatic carbocycles. The van der Waals surface area contributed by atoms with Crippen LogP contribution in [0.3, 0.4) is 0 Å². The maximum absolute atomic E-state index is 13.0. The van der Waals surface area contributed by atoms with Crippen molar-refractivity contribution in [1.82, 2.24) is 25.3 Å². The van der Waals surface area contributed by atoms with E-state index in [0.717, 1.165) is 0 Å². The van der Waals surface area contributed by atoms with Gasteiger partial charge in [0.15, 0.2) is 5.82 Å². The number of phenolic OH excluding ortho intramolecular Hbond substituents is 1. The molecule has 1 unspecified atom stereocenters. The van der Waals surface area contributed by atoms with Gasteiger partial charge in [-0.15, -0.1) is 10.2 Å². The van der Waals surface area contributed by atoms with Gasteiger partial charge in [-0.2, -0.15) is 0 Å². The molecule has 0 bridgehead atoms. The third kappa shape index (κ3) is 6.18. The third-order valence-corrected chi connectivity index (χ3v) is 8.61. The van der Waals surface area contributed by atoms with Crippen molar-refractivity contribution in [3.05, 3.63) is 59.7 Å². The summed E-state index contributed by atoms with van der Waals surface area (Å²) < 4.78 is 0. The quantitative estimate of drug-likeness (QED) is 0.267. The lowest BCUT2D eigenvalue weighted by Gasteiger charge is -2.36. The summed E-state index contributed by atoms with van der Waals surface area (Å²) in [5, 5.41) is 23.6. The van der Waals surface area contributed by atoms with E-state index in [9.17, 15) is 29.1 Å². The summed E-state index contributed by atoms with van der Waals surface area (Å²) in [6, 6.07) is 12.9. The van der Waals surface area contributed by atoms with Crippen LogP contribution in [0.5, 0.6) is 5.75 Å². The molecule has 1 aromatic heterocycles. The number of benzene rings is 2. The first-order valence-electron chi connectivity index (χ1n) is 15.2. The summed E-state index contributed by atoms with van der Waals surface area (Å²) in [6.07, 6.45) is 1.09. The Hall–Kier alpha value is -5.53. The number of aromatic nitrogens is 2. The van der Waals surface area contributed by atoms with Gasteiger partial charge in [0, 0.05) is 74.4 Å². The Morgan fingerprint density at radius 3 is 2.50 bits per heavy atom. The number of amides is 5. The average molecular weight is 627 g/mol. The van der Waals surface area contributed by atoms with Crippen molar-refractivity contribution >= 4 is 46.7 Å². The van der Waals surface area contributed by atoms with Crippen LogP contribution in [-0.4, -0.2) is 86.9 Å². The number of hydrogen-bond donors (Lipinski definition) is 4. The van der Waals surface area contributed by atoms with Crippen LogP contribution in [0, 0.1) is 0 Å². The first kappa shape index (κ1) is 30.5. The number of nitrogens with one attached hydrogen (secondary N) is 2. The molecule has 14 heteroatoms. The lowest BCUT2D eigenvalue weighted by molar-refractivity contribution is -0.137. The van der Waals surface area contributed by atoms with Gasteiger partial charge in [-0.25, -0.2) is 0 Å². The first-order valence-corrected chi connectivity index (χ1v) is 15.2. The van der Waals surface area contributed by atoms with Crippen LogP contribution in [0.1, 0.15) is 48.0 Å². The molecule has 3 aliphatic rings. The first-order chi connectivity index (χ1) is 22.2. The molecule has 3 aromatic rings.